The number of aromatic nitrogens is 2. The maximum atomic E-state index is 15.1. The van der Waals surface area contributed by atoms with Crippen LogP contribution in [0.25, 0.3) is 77.0 Å². The molecule has 0 atom stereocenters. The zero-order valence-electron chi connectivity index (χ0n) is 50.1. The number of aromatic amines is 1. The van der Waals surface area contributed by atoms with E-state index in [4.69, 9.17) is 23.6 Å². The molecule has 0 amide bonds. The summed E-state index contributed by atoms with van der Waals surface area (Å²) in [5, 5.41) is -2.20. The number of alkyl halides is 12. The molecule has 0 unspecified atom stereocenters. The zero-order chi connectivity index (χ0) is 67.5. The van der Waals surface area contributed by atoms with Crippen LogP contribution in [-0.4, -0.2) is 46.4 Å². The van der Waals surface area contributed by atoms with Gasteiger partial charge in [0.05, 0.1) is 75.8 Å². The lowest BCUT2D eigenvalue weighted by atomic mass is 9.86. The molecule has 4 heterocycles. The van der Waals surface area contributed by atoms with E-state index < -0.39 is 126 Å². The third-order valence-electron chi connectivity index (χ3n) is 16.2. The first-order valence-electron chi connectivity index (χ1n) is 28.5. The molecule has 93 heavy (non-hydrogen) atoms. The highest BCUT2D eigenvalue weighted by Crippen LogP contribution is 2.50. The van der Waals surface area contributed by atoms with Gasteiger partial charge >= 0.3 is 42.6 Å². The minimum Gasteiger partial charge on any atom is -0.462 e. The third kappa shape index (κ3) is 11.5. The summed E-state index contributed by atoms with van der Waals surface area (Å²) in [6, 6.07) is 16.7. The maximum absolute atomic E-state index is 15.1. The van der Waals surface area contributed by atoms with E-state index in [0.29, 0.717) is 90.6 Å². The fourth-order valence-corrected chi connectivity index (χ4v) is 12.2. The normalized spacial score (nSPS) is 13.9. The van der Waals surface area contributed by atoms with Gasteiger partial charge < -0.3 is 23.6 Å². The highest BCUT2D eigenvalue weighted by molar-refractivity contribution is 6.32. The number of benzene rings is 7. The van der Waals surface area contributed by atoms with Gasteiger partial charge in [-0.1, -0.05) is 30.3 Å². The summed E-state index contributed by atoms with van der Waals surface area (Å²) in [4.78, 5) is 78.8. The lowest BCUT2D eigenvalue weighted by Crippen LogP contribution is -2.32. The number of carbonyl (C=O) groups is 3. The number of pyridine rings is 1. The van der Waals surface area contributed by atoms with Gasteiger partial charge in [0, 0.05) is 49.1 Å². The molecule has 1 aliphatic rings. The van der Waals surface area contributed by atoms with Gasteiger partial charge in [0.25, 0.3) is 11.1 Å². The lowest BCUT2D eigenvalue weighted by molar-refractivity contribution is -0.144. The van der Waals surface area contributed by atoms with E-state index in [-0.39, 0.29) is 69.7 Å². The number of esters is 3. The molecule has 0 fully saturated rings. The van der Waals surface area contributed by atoms with Crippen molar-refractivity contribution in [1.82, 2.24) is 9.55 Å². The number of aryl methyl sites for hydroxylation is 3. The number of nitrogens with zero attached hydrogens (tertiary/aromatic N) is 2. The molecule has 12 nitrogen and oxygen atoms in total. The molecule has 478 valence electrons. The molecule has 3 aromatic heterocycles. The van der Waals surface area contributed by atoms with E-state index in [0.717, 1.165) is 12.1 Å². The van der Waals surface area contributed by atoms with Gasteiger partial charge in [0.2, 0.25) is 0 Å². The molecule has 0 aliphatic carbocycles. The molecule has 11 rings (SSSR count). The van der Waals surface area contributed by atoms with Crippen molar-refractivity contribution in [1.29, 1.82) is 0 Å². The van der Waals surface area contributed by atoms with Gasteiger partial charge in [-0.3, -0.25) is 19.4 Å². The molecular formula is C69H49F12N3O9. The van der Waals surface area contributed by atoms with Crippen molar-refractivity contribution in [3.8, 4) is 33.7 Å². The largest absolute Gasteiger partial charge is 0.462 e. The number of rotatable bonds is 12. The van der Waals surface area contributed by atoms with Crippen LogP contribution < -0.4 is 15.9 Å². The second kappa shape index (κ2) is 23.1. The number of fused-ring (bicyclic) bond motifs is 2. The molecule has 0 spiro atoms. The van der Waals surface area contributed by atoms with E-state index in [9.17, 15) is 67.1 Å². The number of nitrogens with one attached hydrogen (secondary N) is 1. The molecule has 1 aliphatic heterocycles. The highest BCUT2D eigenvalue weighted by Gasteiger charge is 2.40. The van der Waals surface area contributed by atoms with Crippen LogP contribution in [0.5, 0.6) is 5.75 Å². The van der Waals surface area contributed by atoms with Gasteiger partial charge in [0.15, 0.2) is 0 Å². The van der Waals surface area contributed by atoms with Crippen molar-refractivity contribution in [2.45, 2.75) is 86.5 Å². The maximum Gasteiger partial charge on any atom is 0.416 e. The number of hydrogen-bond donors (Lipinski definition) is 1. The number of ether oxygens (including phenoxy) is 3. The van der Waals surface area contributed by atoms with Crippen molar-refractivity contribution < 1.29 is 85.7 Å². The van der Waals surface area contributed by atoms with Crippen LogP contribution >= 0.6 is 0 Å². The summed E-state index contributed by atoms with van der Waals surface area (Å²) in [7, 11) is 0. The summed E-state index contributed by atoms with van der Waals surface area (Å²) in [5.74, 6) is -1.87. The number of H-pyrrole nitrogens is 1. The Hall–Kier alpha value is -10.3. The highest BCUT2D eigenvalue weighted by atomic mass is 19.4. The van der Waals surface area contributed by atoms with Crippen LogP contribution in [0, 0.1) is 27.7 Å². The number of aliphatic imine (C=N–C) groups is 1. The Morgan fingerprint density at radius 3 is 1.60 bits per heavy atom. The average Bonchev–Trinajstić information content (AvgIpc) is 1.33. The fraction of sp³-hybridized carbons (Fsp3) is 0.217. The summed E-state index contributed by atoms with van der Waals surface area (Å²) in [6.07, 6.45) is -22.1. The van der Waals surface area contributed by atoms with Crippen LogP contribution in [0.2, 0.25) is 0 Å². The minimum atomic E-state index is -5.41. The molecule has 0 saturated carbocycles. The predicted octanol–water partition coefficient (Wildman–Crippen LogP) is 17.3. The first-order valence-corrected chi connectivity index (χ1v) is 28.5. The van der Waals surface area contributed by atoms with Crippen LogP contribution in [0.15, 0.2) is 145 Å². The number of hydrogen-bond acceptors (Lipinski definition) is 10. The first-order chi connectivity index (χ1) is 43.6. The molecular weight excluding hydrogens is 1240 g/mol. The Bertz CT molecular complexity index is 4940. The molecule has 24 heteroatoms. The van der Waals surface area contributed by atoms with Crippen molar-refractivity contribution in [2.24, 2.45) is 4.99 Å². The van der Waals surface area contributed by atoms with Crippen molar-refractivity contribution in [3.05, 3.63) is 214 Å². The van der Waals surface area contributed by atoms with Crippen molar-refractivity contribution in [3.63, 3.8) is 0 Å². The van der Waals surface area contributed by atoms with Gasteiger partial charge in [-0.25, -0.2) is 14.2 Å². The summed E-state index contributed by atoms with van der Waals surface area (Å²) in [6.45, 7) is 13.9. The quantitative estimate of drug-likeness (QED) is 0.0413. The van der Waals surface area contributed by atoms with Crippen LogP contribution in [0.4, 0.5) is 52.7 Å². The first kappa shape index (κ1) is 64.3. The summed E-state index contributed by atoms with van der Waals surface area (Å²) < 4.78 is 198. The molecule has 1 N–H and O–H groups in total. The summed E-state index contributed by atoms with van der Waals surface area (Å²) >= 11 is 0. The molecule has 10 aromatic rings. The molecule has 0 radical (unpaired) electrons. The van der Waals surface area contributed by atoms with Gasteiger partial charge in [-0.15, -0.1) is 0 Å². The van der Waals surface area contributed by atoms with Gasteiger partial charge in [-0.2, -0.15) is 52.7 Å². The minimum absolute atomic E-state index is 0.0554. The van der Waals surface area contributed by atoms with Gasteiger partial charge in [-0.05, 0) is 184 Å². The second-order valence-corrected chi connectivity index (χ2v) is 22.3. The van der Waals surface area contributed by atoms with E-state index >= 15 is 9.59 Å². The van der Waals surface area contributed by atoms with Gasteiger partial charge in [0.1, 0.15) is 16.9 Å². The van der Waals surface area contributed by atoms with Crippen molar-refractivity contribution in [2.75, 3.05) is 13.2 Å². The molecule has 0 saturated heterocycles. The fourth-order valence-electron chi connectivity index (χ4n) is 12.2. The van der Waals surface area contributed by atoms with E-state index in [1.165, 1.54) is 48.5 Å². The van der Waals surface area contributed by atoms with E-state index in [1.807, 2.05) is 0 Å². The smallest absolute Gasteiger partial charge is 0.416 e. The molecule has 7 aromatic carbocycles. The Kier molecular flexibility index (Phi) is 16.0. The van der Waals surface area contributed by atoms with E-state index in [2.05, 4.69) is 4.98 Å². The van der Waals surface area contributed by atoms with Crippen molar-refractivity contribution >= 4 is 72.7 Å². The summed E-state index contributed by atoms with van der Waals surface area (Å²) in [5.41, 5.74) is -7.53. The standard InChI is InChI=1S/C69H49F12N3O9/c1-9-90-64(88)53-32(5)59(82-34(53)7)58(60-33(6)54(35(8)83-60)65(89)91-10-2)52-30(3)19-44(20-31(52)4)92-51(85)21-36-15-17-43(18-16-36)84-62(86)48-28-46(37-22-39(66(70,71)72)26-40(23-37)67(73,74)75)55-45-13-11-12-14-50(45)93-61-47(29-49(63(84)87)56(48)57(55)61)38-24-41(68(76,77)78)27-42(25-38)69(79,80)81/h11-20,22-29,82H,9-10,21H2,1-8H3/b60-58-. The number of halogens is 12. The Labute approximate surface area is 518 Å². The second-order valence-electron chi connectivity index (χ2n) is 22.3. The predicted molar refractivity (Wildman–Crippen MR) is 323 cm³/mol. The number of allylic oxidation sites excluding steroid dienone is 1. The van der Waals surface area contributed by atoms with E-state index in [1.54, 1.807) is 67.5 Å². The van der Waals surface area contributed by atoms with Crippen LogP contribution in [0.3, 0.4) is 0 Å². The van der Waals surface area contributed by atoms with Crippen LogP contribution in [0.1, 0.15) is 99.5 Å². The monoisotopic (exact) mass is 1290 g/mol. The SMILES string of the molecule is CCOC(=O)C1=C(C)/C(=C(/c2[nH]c(C)c(C(=O)OCC)c2C)c2c(C)cc(OC(=O)Cc3ccc(-n4c(=O)c5cc(-c6cc(C(F)(F)F)cc(C(F)(F)F)c6)c6oc7ccccc7c7c(-c8cc(C(F)(F)F)cc(C(F)(F)F)c8)cc(c4=O)c5c67)cc3)cc2C)N=C1C. The Balaban J connectivity index is 1.04. The Morgan fingerprint density at radius 1 is 0.570 bits per heavy atom. The third-order valence-corrected chi connectivity index (χ3v) is 16.2. The molecule has 0 bridgehead atoms. The zero-order valence-corrected chi connectivity index (χ0v) is 50.1. The number of para-hydroxylation sites is 1. The Morgan fingerprint density at radius 2 is 1.08 bits per heavy atom. The lowest BCUT2D eigenvalue weighted by Gasteiger charge is -2.21. The topological polar surface area (TPSA) is 159 Å². The average molecular weight is 1290 g/mol. The number of carbonyl (C=O) groups excluding carboxylic acids is 3. The van der Waals surface area contributed by atoms with Crippen LogP contribution in [-0.2, 0) is 50.2 Å².